The Labute approximate surface area is 137 Å². The van der Waals surface area contributed by atoms with Crippen molar-refractivity contribution in [2.24, 2.45) is 7.05 Å². The van der Waals surface area contributed by atoms with Gasteiger partial charge in [0, 0.05) is 17.5 Å². The number of hydrogen-bond acceptors (Lipinski definition) is 5. The van der Waals surface area contributed by atoms with Crippen molar-refractivity contribution in [1.29, 1.82) is 0 Å². The first-order chi connectivity index (χ1) is 10.9. The van der Waals surface area contributed by atoms with Crippen LogP contribution in [0.1, 0.15) is 10.5 Å². The van der Waals surface area contributed by atoms with Gasteiger partial charge in [0.2, 0.25) is 0 Å². The first-order valence-corrected chi connectivity index (χ1v) is 7.71. The molecule has 0 aliphatic rings. The van der Waals surface area contributed by atoms with Gasteiger partial charge in [-0.1, -0.05) is 11.6 Å². The number of aromatic nitrogens is 1. The van der Waals surface area contributed by atoms with Gasteiger partial charge in [0.05, 0.1) is 5.39 Å². The third-order valence-corrected chi connectivity index (χ3v) is 4.18. The molecule has 1 aromatic heterocycles. The summed E-state index contributed by atoms with van der Waals surface area (Å²) in [6, 6.07) is 3.19. The van der Waals surface area contributed by atoms with Crippen molar-refractivity contribution in [1.82, 2.24) is 4.57 Å². The third kappa shape index (κ3) is 2.91. The molecule has 0 atom stereocenters. The average molecular weight is 386 g/mol. The summed E-state index contributed by atoms with van der Waals surface area (Å²) in [5.41, 5.74) is -7.74. The number of halogens is 4. The zero-order chi connectivity index (χ0) is 18.4. The van der Waals surface area contributed by atoms with Crippen LogP contribution in [0.4, 0.5) is 13.2 Å². The maximum Gasteiger partial charge on any atom is 0.534 e. The predicted molar refractivity (Wildman–Crippen MR) is 76.8 cm³/mol. The Morgan fingerprint density at radius 1 is 1.29 bits per heavy atom. The van der Waals surface area contributed by atoms with Crippen molar-refractivity contribution in [2.45, 2.75) is 5.51 Å². The van der Waals surface area contributed by atoms with Gasteiger partial charge in [0.25, 0.3) is 5.56 Å². The fourth-order valence-electron chi connectivity index (χ4n) is 1.94. The summed E-state index contributed by atoms with van der Waals surface area (Å²) in [6.45, 7) is 0. The van der Waals surface area contributed by atoms with E-state index in [1.54, 1.807) is 0 Å². The van der Waals surface area contributed by atoms with E-state index in [2.05, 4.69) is 4.18 Å². The van der Waals surface area contributed by atoms with Crippen LogP contribution in [0.15, 0.2) is 23.0 Å². The summed E-state index contributed by atoms with van der Waals surface area (Å²) >= 11 is 5.70. The number of carbonyl (C=O) groups is 1. The molecule has 0 aliphatic carbocycles. The number of rotatable bonds is 3. The average Bonchev–Trinajstić information content (AvgIpc) is 2.42. The minimum Gasteiger partial charge on any atom is -0.476 e. The van der Waals surface area contributed by atoms with Crippen molar-refractivity contribution in [2.75, 3.05) is 0 Å². The smallest absolute Gasteiger partial charge is 0.476 e. The van der Waals surface area contributed by atoms with Crippen LogP contribution in [-0.4, -0.2) is 29.6 Å². The number of benzene rings is 1. The van der Waals surface area contributed by atoms with Crippen LogP contribution < -0.4 is 9.74 Å². The van der Waals surface area contributed by atoms with Gasteiger partial charge in [0.15, 0.2) is 11.4 Å². The molecule has 0 saturated carbocycles. The summed E-state index contributed by atoms with van der Waals surface area (Å²) in [6.07, 6.45) is 0. The molecule has 12 heteroatoms. The second-order valence-corrected chi connectivity index (χ2v) is 6.49. The predicted octanol–water partition coefficient (Wildman–Crippen LogP) is 2.12. The van der Waals surface area contributed by atoms with Gasteiger partial charge in [-0.05, 0) is 18.2 Å². The SMILES string of the molecule is Cn1c(C(=O)O)c(OS(=O)(=O)C(F)(F)F)c2ccc(Cl)cc2c1=O. The fourth-order valence-corrected chi connectivity index (χ4v) is 2.59. The topological polar surface area (TPSA) is 103 Å². The van der Waals surface area contributed by atoms with Crippen LogP contribution >= 0.6 is 11.6 Å². The van der Waals surface area contributed by atoms with E-state index in [1.165, 1.54) is 0 Å². The van der Waals surface area contributed by atoms with Gasteiger partial charge in [0.1, 0.15) is 0 Å². The Hall–Kier alpha value is -2.27. The van der Waals surface area contributed by atoms with Crippen LogP contribution in [0.3, 0.4) is 0 Å². The summed E-state index contributed by atoms with van der Waals surface area (Å²) in [7, 11) is -5.21. The van der Waals surface area contributed by atoms with Gasteiger partial charge in [-0.2, -0.15) is 21.6 Å². The quantitative estimate of drug-likeness (QED) is 0.641. The first kappa shape index (κ1) is 18.1. The summed E-state index contributed by atoms with van der Waals surface area (Å²) in [5, 5.41) is 8.44. The van der Waals surface area contributed by atoms with E-state index in [0.717, 1.165) is 25.2 Å². The number of hydrogen-bond donors (Lipinski definition) is 1. The van der Waals surface area contributed by atoms with Gasteiger partial charge in [-0.25, -0.2) is 4.79 Å². The zero-order valence-electron chi connectivity index (χ0n) is 11.6. The molecule has 1 N–H and O–H groups in total. The number of carboxylic acid groups (broad SMARTS) is 1. The third-order valence-electron chi connectivity index (χ3n) is 2.99. The highest BCUT2D eigenvalue weighted by molar-refractivity contribution is 7.88. The normalized spacial score (nSPS) is 12.4. The molecule has 1 heterocycles. The molecule has 0 amide bonds. The minimum atomic E-state index is -6.15. The standard InChI is InChI=1S/C12H7ClF3NO6S/c1-17-8(11(19)20)9(23-24(21,22)12(14,15)16)6-3-2-5(13)4-7(6)10(17)18/h2-4H,1H3,(H,19,20). The lowest BCUT2D eigenvalue weighted by atomic mass is 10.1. The molecule has 130 valence electrons. The van der Waals surface area contributed by atoms with Crippen molar-refractivity contribution in [3.63, 3.8) is 0 Å². The highest BCUT2D eigenvalue weighted by Crippen LogP contribution is 2.34. The number of pyridine rings is 1. The molecule has 0 aliphatic heterocycles. The van der Waals surface area contributed by atoms with E-state index >= 15 is 0 Å². The Bertz CT molecular complexity index is 1010. The second-order valence-electron chi connectivity index (χ2n) is 4.52. The van der Waals surface area contributed by atoms with Gasteiger partial charge < -0.3 is 13.9 Å². The van der Waals surface area contributed by atoms with Gasteiger partial charge in [-0.15, -0.1) is 0 Å². The van der Waals surface area contributed by atoms with E-state index < -0.39 is 44.0 Å². The van der Waals surface area contributed by atoms with E-state index in [-0.39, 0.29) is 10.4 Å². The molecule has 0 unspecified atom stereocenters. The maximum atomic E-state index is 12.5. The van der Waals surface area contributed by atoms with E-state index in [9.17, 15) is 31.2 Å². The number of alkyl halides is 3. The lowest BCUT2D eigenvalue weighted by molar-refractivity contribution is -0.0500. The van der Waals surface area contributed by atoms with Crippen LogP contribution in [0, 0.1) is 0 Å². The Kier molecular flexibility index (Phi) is 4.27. The van der Waals surface area contributed by atoms with Crippen molar-refractivity contribution < 1.29 is 35.7 Å². The Balaban J connectivity index is 2.95. The van der Waals surface area contributed by atoms with Crippen molar-refractivity contribution >= 4 is 38.5 Å². The van der Waals surface area contributed by atoms with Crippen molar-refractivity contribution in [3.8, 4) is 5.75 Å². The molecule has 0 fully saturated rings. The molecule has 7 nitrogen and oxygen atoms in total. The minimum absolute atomic E-state index is 0.0345. The highest BCUT2D eigenvalue weighted by atomic mass is 35.5. The van der Waals surface area contributed by atoms with E-state index in [4.69, 9.17) is 16.7 Å². The molecule has 2 aromatic rings. The zero-order valence-corrected chi connectivity index (χ0v) is 13.2. The fraction of sp³-hybridized carbons (Fsp3) is 0.167. The Morgan fingerprint density at radius 2 is 1.88 bits per heavy atom. The molecule has 24 heavy (non-hydrogen) atoms. The Morgan fingerprint density at radius 3 is 2.38 bits per heavy atom. The molecule has 0 radical (unpaired) electrons. The largest absolute Gasteiger partial charge is 0.534 e. The lowest BCUT2D eigenvalue weighted by Gasteiger charge is -2.16. The summed E-state index contributed by atoms with van der Waals surface area (Å²) < 4.78 is 64.6. The summed E-state index contributed by atoms with van der Waals surface area (Å²) in [5.74, 6) is -2.98. The molecule has 2 rings (SSSR count). The highest BCUT2D eigenvalue weighted by Gasteiger charge is 2.49. The lowest BCUT2D eigenvalue weighted by Crippen LogP contribution is -2.31. The monoisotopic (exact) mass is 385 g/mol. The maximum absolute atomic E-state index is 12.5. The van der Waals surface area contributed by atoms with Crippen LogP contribution in [0.5, 0.6) is 5.75 Å². The first-order valence-electron chi connectivity index (χ1n) is 5.93. The number of aromatic carboxylic acids is 1. The molecule has 0 saturated heterocycles. The van der Waals surface area contributed by atoms with Crippen molar-refractivity contribution in [3.05, 3.63) is 39.3 Å². The second kappa shape index (κ2) is 5.67. The number of fused-ring (bicyclic) bond motifs is 1. The van der Waals surface area contributed by atoms with Gasteiger partial charge >= 0.3 is 21.6 Å². The van der Waals surface area contributed by atoms with Crippen LogP contribution in [0.2, 0.25) is 5.02 Å². The van der Waals surface area contributed by atoms with E-state index in [0.29, 0.717) is 4.57 Å². The molecular formula is C12H7ClF3NO6S. The molecular weight excluding hydrogens is 379 g/mol. The van der Waals surface area contributed by atoms with Crippen LogP contribution in [-0.2, 0) is 17.2 Å². The van der Waals surface area contributed by atoms with Crippen LogP contribution in [0.25, 0.3) is 10.8 Å². The molecule has 0 spiro atoms. The number of nitrogens with zero attached hydrogens (tertiary/aromatic N) is 1. The molecule has 1 aromatic carbocycles. The molecule has 0 bridgehead atoms. The van der Waals surface area contributed by atoms with E-state index in [1.807, 2.05) is 0 Å². The van der Waals surface area contributed by atoms with Gasteiger partial charge in [-0.3, -0.25) is 4.79 Å². The number of carboxylic acids is 1. The summed E-state index contributed by atoms with van der Waals surface area (Å²) in [4.78, 5) is 23.4.